The van der Waals surface area contributed by atoms with E-state index in [1.54, 1.807) is 26.4 Å². The Bertz CT molecular complexity index is 1720. The SMILES string of the molecule is CCN(CC)CC.COC1=C(c2ccccc2Cl)CCC[C@@H]1OC(N)=O.COC1=CCCC[C@]1(N=C=O)c1ccccc1Cl.O=C(OC(=O)C(F)(F)F)C(F)(F)F. The maximum absolute atomic E-state index is 11.2. The van der Waals surface area contributed by atoms with Crippen LogP contribution in [0.3, 0.4) is 0 Å². The number of isocyanates is 1. The lowest BCUT2D eigenvalue weighted by atomic mass is 9.80. The number of benzene rings is 2. The number of hydrogen-bond acceptors (Lipinski definition) is 10. The highest BCUT2D eigenvalue weighted by Gasteiger charge is 2.49. The number of rotatable bonds is 9. The molecular formula is C38H45Cl2F6N3O8. The fourth-order valence-corrected chi connectivity index (χ4v) is 6.25. The number of primary amides is 1. The number of aliphatic imine (C=N–C) groups is 1. The molecule has 2 aromatic rings. The first-order valence-electron chi connectivity index (χ1n) is 17.5. The van der Waals surface area contributed by atoms with Gasteiger partial charge >= 0.3 is 30.4 Å². The minimum absolute atomic E-state index is 0.428. The van der Waals surface area contributed by atoms with E-state index in [0.717, 1.165) is 42.4 Å². The molecule has 0 aromatic heterocycles. The molecule has 2 atom stereocenters. The third kappa shape index (κ3) is 15.7. The van der Waals surface area contributed by atoms with E-state index in [-0.39, 0.29) is 0 Å². The molecule has 11 nitrogen and oxygen atoms in total. The molecule has 2 aromatic carbocycles. The van der Waals surface area contributed by atoms with Crippen LogP contribution in [0.25, 0.3) is 5.57 Å². The van der Waals surface area contributed by atoms with Gasteiger partial charge in [0.05, 0.1) is 14.2 Å². The van der Waals surface area contributed by atoms with E-state index in [1.165, 1.54) is 19.6 Å². The predicted molar refractivity (Wildman–Crippen MR) is 201 cm³/mol. The van der Waals surface area contributed by atoms with E-state index in [2.05, 4.69) is 35.4 Å². The molecule has 1 amide bonds. The third-order valence-corrected chi connectivity index (χ3v) is 9.07. The van der Waals surface area contributed by atoms with Crippen LogP contribution < -0.4 is 5.73 Å². The molecule has 19 heteroatoms. The molecule has 57 heavy (non-hydrogen) atoms. The lowest BCUT2D eigenvalue weighted by molar-refractivity contribution is -0.221. The Balaban J connectivity index is 0.000000401. The number of methoxy groups -OCH3 is 2. The summed E-state index contributed by atoms with van der Waals surface area (Å²) in [5.74, 6) is -5.09. The summed E-state index contributed by atoms with van der Waals surface area (Å²) in [5.41, 5.74) is 6.96. The Morgan fingerprint density at radius 3 is 1.86 bits per heavy atom. The molecule has 0 bridgehead atoms. The second kappa shape index (κ2) is 24.3. The zero-order valence-electron chi connectivity index (χ0n) is 31.9. The third-order valence-electron chi connectivity index (χ3n) is 8.41. The summed E-state index contributed by atoms with van der Waals surface area (Å²) < 4.78 is 85.6. The molecule has 0 fully saturated rings. The summed E-state index contributed by atoms with van der Waals surface area (Å²) in [5, 5.41) is 1.24. The summed E-state index contributed by atoms with van der Waals surface area (Å²) in [6.45, 7) is 10.1. The summed E-state index contributed by atoms with van der Waals surface area (Å²) in [6.07, 6.45) is -3.84. The Morgan fingerprint density at radius 2 is 1.42 bits per heavy atom. The van der Waals surface area contributed by atoms with Gasteiger partial charge in [-0.25, -0.2) is 19.2 Å². The van der Waals surface area contributed by atoms with Crippen molar-refractivity contribution in [2.24, 2.45) is 10.7 Å². The number of carbonyl (C=O) groups is 3. The van der Waals surface area contributed by atoms with Gasteiger partial charge < -0.3 is 29.6 Å². The summed E-state index contributed by atoms with van der Waals surface area (Å²) in [7, 11) is 3.15. The van der Waals surface area contributed by atoms with Crippen molar-refractivity contribution in [3.05, 3.63) is 87.3 Å². The van der Waals surface area contributed by atoms with Crippen LogP contribution in [0.2, 0.25) is 10.0 Å². The fraction of sp³-hybridized carbons (Fsp3) is 0.474. The fourth-order valence-electron chi connectivity index (χ4n) is 5.71. The Morgan fingerprint density at radius 1 is 0.877 bits per heavy atom. The number of hydrogen-bond donors (Lipinski definition) is 1. The number of carbonyl (C=O) groups excluding carboxylic acids is 4. The van der Waals surface area contributed by atoms with Gasteiger partial charge in [0, 0.05) is 21.2 Å². The molecule has 0 saturated carbocycles. The van der Waals surface area contributed by atoms with Gasteiger partial charge in [0.2, 0.25) is 6.08 Å². The van der Waals surface area contributed by atoms with E-state index in [0.29, 0.717) is 34.4 Å². The second-order valence-electron chi connectivity index (χ2n) is 11.8. The maximum atomic E-state index is 11.2. The zero-order valence-corrected chi connectivity index (χ0v) is 33.4. The van der Waals surface area contributed by atoms with Crippen LogP contribution in [0.4, 0.5) is 31.1 Å². The Kier molecular flexibility index (Phi) is 21.5. The van der Waals surface area contributed by atoms with Crippen LogP contribution in [0.5, 0.6) is 0 Å². The normalized spacial score (nSPS) is 17.7. The number of alkyl halides is 6. The molecule has 0 unspecified atom stereocenters. The molecule has 0 radical (unpaired) electrons. The molecule has 316 valence electrons. The van der Waals surface area contributed by atoms with Gasteiger partial charge in [-0.2, -0.15) is 31.3 Å². The van der Waals surface area contributed by atoms with E-state index in [1.807, 2.05) is 48.5 Å². The number of amides is 1. The van der Waals surface area contributed by atoms with Crippen LogP contribution in [-0.2, 0) is 38.9 Å². The van der Waals surface area contributed by atoms with Crippen molar-refractivity contribution in [2.75, 3.05) is 33.9 Å². The molecule has 0 heterocycles. The van der Waals surface area contributed by atoms with Crippen molar-refractivity contribution < 1.29 is 64.5 Å². The highest BCUT2D eigenvalue weighted by atomic mass is 35.5. The standard InChI is InChI=1S/C14H16ClNO3.C14H14ClNO2.C6H15N.C4F6O3/c1-18-13-10(9-5-2-3-7-11(9)15)6-4-8-12(13)19-14(16)17;1-18-13-8-4-5-9-14(13,16-10-17)11-6-2-3-7-12(11)15;1-4-7(5-2)6-3;5-3(6,7)1(11)13-2(12)4(8,9)10/h2-3,5,7,12H,4,6,8H2,1H3,(H2,16,17);2-3,6-8H,4-5,9H2,1H3;4-6H2,1-3H3;/t12-;14-;;/m00../s1. The van der Waals surface area contributed by atoms with Gasteiger partial charge in [0.15, 0.2) is 11.6 Å². The number of esters is 2. The number of nitrogens with two attached hydrogens (primary N) is 1. The largest absolute Gasteiger partial charge is 0.498 e. The molecule has 0 spiro atoms. The van der Waals surface area contributed by atoms with E-state index >= 15 is 0 Å². The first kappa shape index (κ1) is 50.4. The highest BCUT2D eigenvalue weighted by molar-refractivity contribution is 6.32. The van der Waals surface area contributed by atoms with Crippen molar-refractivity contribution in [3.8, 4) is 0 Å². The van der Waals surface area contributed by atoms with Crippen LogP contribution in [0, 0.1) is 0 Å². The smallest absolute Gasteiger partial charge is 0.491 e. The Hall–Kier alpha value is -4.57. The average molecular weight is 857 g/mol. The van der Waals surface area contributed by atoms with Crippen LogP contribution >= 0.6 is 23.2 Å². The molecule has 0 saturated heterocycles. The van der Waals surface area contributed by atoms with Crippen LogP contribution in [0.1, 0.15) is 70.4 Å². The number of allylic oxidation sites excluding steroid dienone is 2. The molecule has 0 aliphatic heterocycles. The number of ether oxygens (including phenoxy) is 4. The lowest BCUT2D eigenvalue weighted by Crippen LogP contribution is -2.34. The quantitative estimate of drug-likeness (QED) is 0.0857. The van der Waals surface area contributed by atoms with Gasteiger partial charge in [-0.15, -0.1) is 0 Å². The van der Waals surface area contributed by atoms with E-state index < -0.39 is 42.0 Å². The van der Waals surface area contributed by atoms with Crippen LogP contribution in [0.15, 0.2) is 71.1 Å². The maximum Gasteiger partial charge on any atom is 0.491 e. The first-order chi connectivity index (χ1) is 26.8. The van der Waals surface area contributed by atoms with Gasteiger partial charge in [0.1, 0.15) is 11.5 Å². The van der Waals surface area contributed by atoms with Gasteiger partial charge in [-0.1, -0.05) is 80.4 Å². The first-order valence-corrected chi connectivity index (χ1v) is 18.2. The average Bonchev–Trinajstić information content (AvgIpc) is 3.16. The molecule has 2 aliphatic carbocycles. The Labute approximate surface area is 336 Å². The molecular weight excluding hydrogens is 811 g/mol. The van der Waals surface area contributed by atoms with Crippen molar-refractivity contribution in [1.29, 1.82) is 0 Å². The van der Waals surface area contributed by atoms with Crippen molar-refractivity contribution in [2.45, 2.75) is 83.3 Å². The lowest BCUT2D eigenvalue weighted by Gasteiger charge is -2.33. The monoisotopic (exact) mass is 855 g/mol. The minimum Gasteiger partial charge on any atom is -0.498 e. The van der Waals surface area contributed by atoms with Gasteiger partial charge in [0.25, 0.3) is 0 Å². The zero-order chi connectivity index (χ0) is 43.4. The molecule has 2 aliphatic rings. The summed E-state index contributed by atoms with van der Waals surface area (Å²) >= 11 is 12.4. The van der Waals surface area contributed by atoms with E-state index in [9.17, 15) is 45.5 Å². The van der Waals surface area contributed by atoms with Gasteiger partial charge in [-0.3, -0.25) is 0 Å². The van der Waals surface area contributed by atoms with Crippen molar-refractivity contribution in [1.82, 2.24) is 4.90 Å². The predicted octanol–water partition coefficient (Wildman–Crippen LogP) is 9.46. The van der Waals surface area contributed by atoms with Crippen molar-refractivity contribution in [3.63, 3.8) is 0 Å². The van der Waals surface area contributed by atoms with E-state index in [4.69, 9.17) is 43.1 Å². The highest BCUT2D eigenvalue weighted by Crippen LogP contribution is 2.44. The van der Waals surface area contributed by atoms with Crippen LogP contribution in [-0.4, -0.2) is 81.3 Å². The molecule has 2 N–H and O–H groups in total. The second-order valence-corrected chi connectivity index (χ2v) is 12.7. The molecule has 4 rings (SSSR count). The summed E-state index contributed by atoms with van der Waals surface area (Å²) in [6, 6.07) is 15.0. The topological polar surface area (TPSA) is 147 Å². The summed E-state index contributed by atoms with van der Waals surface area (Å²) in [4.78, 5) is 47.4. The number of halogens is 8. The van der Waals surface area contributed by atoms with Crippen molar-refractivity contribution >= 4 is 52.9 Å². The number of nitrogens with zero attached hydrogens (tertiary/aromatic N) is 2. The minimum atomic E-state index is -5.62. The van der Waals surface area contributed by atoms with Gasteiger partial charge in [-0.05, 0) is 81.9 Å².